The lowest BCUT2D eigenvalue weighted by Crippen LogP contribution is -2.15. The molecule has 0 amide bonds. The molecule has 0 radical (unpaired) electrons. The number of ether oxygens (including phenoxy) is 2. The van der Waals surface area contributed by atoms with Gasteiger partial charge in [0.1, 0.15) is 0 Å². The zero-order chi connectivity index (χ0) is 39.5. The number of hydrogen-bond acceptors (Lipinski definition) is 3. The van der Waals surface area contributed by atoms with Gasteiger partial charge in [0.05, 0.1) is 11.4 Å². The molecule has 0 saturated heterocycles. The van der Waals surface area contributed by atoms with Crippen LogP contribution >= 0.6 is 0 Å². The van der Waals surface area contributed by atoms with Crippen LogP contribution in [-0.2, 0) is 5.41 Å². The van der Waals surface area contributed by atoms with Crippen LogP contribution in [0.1, 0.15) is 25.0 Å². The molecule has 0 N–H and O–H groups in total. The van der Waals surface area contributed by atoms with Crippen molar-refractivity contribution in [3.05, 3.63) is 211 Å². The molecule has 9 aromatic rings. The topological polar surface area (TPSA) is 31.4 Å². The quantitative estimate of drug-likeness (QED) is 0.169. The molecule has 3 nitrogen and oxygen atoms in total. The van der Waals surface area contributed by atoms with Crippen molar-refractivity contribution in [3.63, 3.8) is 0 Å². The van der Waals surface area contributed by atoms with Crippen LogP contribution in [0.5, 0.6) is 23.0 Å². The van der Waals surface area contributed by atoms with E-state index < -0.39 is 0 Å². The van der Waals surface area contributed by atoms with Crippen molar-refractivity contribution in [1.29, 1.82) is 0 Å². The van der Waals surface area contributed by atoms with E-state index in [2.05, 4.69) is 202 Å². The Morgan fingerprint density at radius 2 is 0.847 bits per heavy atom. The zero-order valence-corrected chi connectivity index (χ0v) is 32.8. The SMILES string of the molecule is CC1(C)c2ccccc2-c2c1ccc1c2Oc2c(cccc2-c2ccc(-c3cc(-c4cccc(-c5ccccc5)c4)nc(-c4cccc(-c5ccccc5)c4)c3)cc2)O1. The molecule has 0 bridgehead atoms. The van der Waals surface area contributed by atoms with Gasteiger partial charge in [0.2, 0.25) is 0 Å². The van der Waals surface area contributed by atoms with Crippen molar-refractivity contribution in [3.8, 4) is 101 Å². The minimum atomic E-state index is -0.137. The number of pyridine rings is 1. The average Bonchev–Trinajstić information content (AvgIpc) is 3.54. The number of fused-ring (bicyclic) bond motifs is 6. The number of para-hydroxylation sites is 1. The molecule has 0 spiro atoms. The van der Waals surface area contributed by atoms with Gasteiger partial charge in [0.25, 0.3) is 0 Å². The van der Waals surface area contributed by atoms with Crippen LogP contribution in [-0.4, -0.2) is 4.98 Å². The lowest BCUT2D eigenvalue weighted by molar-refractivity contribution is 0.361. The first-order valence-corrected chi connectivity index (χ1v) is 20.2. The van der Waals surface area contributed by atoms with Crippen LogP contribution in [0, 0.1) is 0 Å². The summed E-state index contributed by atoms with van der Waals surface area (Å²) >= 11 is 0. The van der Waals surface area contributed by atoms with Crippen molar-refractivity contribution >= 4 is 0 Å². The number of rotatable bonds is 6. The smallest absolute Gasteiger partial charge is 0.178 e. The lowest BCUT2D eigenvalue weighted by Gasteiger charge is -2.26. The van der Waals surface area contributed by atoms with E-state index in [1.165, 1.54) is 27.8 Å². The molecular formula is C56H39NO2. The molecule has 1 aliphatic heterocycles. The molecule has 0 unspecified atom stereocenters. The first-order valence-electron chi connectivity index (χ1n) is 20.2. The maximum Gasteiger partial charge on any atom is 0.178 e. The van der Waals surface area contributed by atoms with Gasteiger partial charge in [-0.25, -0.2) is 4.98 Å². The highest BCUT2D eigenvalue weighted by Gasteiger charge is 2.39. The Bertz CT molecular complexity index is 2960. The summed E-state index contributed by atoms with van der Waals surface area (Å²) in [6.45, 7) is 4.57. The maximum absolute atomic E-state index is 6.95. The minimum Gasteiger partial charge on any atom is -0.449 e. The summed E-state index contributed by atoms with van der Waals surface area (Å²) in [6.07, 6.45) is 0. The summed E-state index contributed by atoms with van der Waals surface area (Å²) in [4.78, 5) is 5.32. The molecule has 0 fully saturated rings. The van der Waals surface area contributed by atoms with E-state index in [9.17, 15) is 0 Å². The first-order chi connectivity index (χ1) is 29.0. The van der Waals surface area contributed by atoms with E-state index in [0.29, 0.717) is 5.75 Å². The Morgan fingerprint density at radius 3 is 1.51 bits per heavy atom. The molecule has 59 heavy (non-hydrogen) atoms. The Labute approximate surface area is 344 Å². The van der Waals surface area contributed by atoms with Gasteiger partial charge in [0.15, 0.2) is 23.0 Å². The van der Waals surface area contributed by atoms with Gasteiger partial charge in [-0.3, -0.25) is 0 Å². The molecular weight excluding hydrogens is 719 g/mol. The van der Waals surface area contributed by atoms with Gasteiger partial charge >= 0.3 is 0 Å². The number of hydrogen-bond donors (Lipinski definition) is 0. The number of aromatic nitrogens is 1. The summed E-state index contributed by atoms with van der Waals surface area (Å²) in [6, 6.07) is 70.6. The summed E-state index contributed by atoms with van der Waals surface area (Å²) in [5.41, 5.74) is 17.6. The molecule has 1 aliphatic carbocycles. The summed E-state index contributed by atoms with van der Waals surface area (Å²) in [7, 11) is 0. The van der Waals surface area contributed by atoms with Gasteiger partial charge in [-0.2, -0.15) is 0 Å². The Morgan fingerprint density at radius 1 is 0.339 bits per heavy atom. The summed E-state index contributed by atoms with van der Waals surface area (Å²) in [5, 5.41) is 0. The fourth-order valence-electron chi connectivity index (χ4n) is 8.89. The number of benzene rings is 8. The third kappa shape index (κ3) is 6.02. The minimum absolute atomic E-state index is 0.137. The Balaban J connectivity index is 0.988. The normalized spacial score (nSPS) is 13.0. The van der Waals surface area contributed by atoms with E-state index in [1.54, 1.807) is 0 Å². The van der Waals surface area contributed by atoms with Crippen molar-refractivity contribution in [2.24, 2.45) is 0 Å². The summed E-state index contributed by atoms with van der Waals surface area (Å²) < 4.78 is 13.5. The number of nitrogens with zero attached hydrogens (tertiary/aromatic N) is 1. The second-order valence-electron chi connectivity index (χ2n) is 15.9. The third-order valence-electron chi connectivity index (χ3n) is 12.0. The molecule has 11 rings (SSSR count). The summed E-state index contributed by atoms with van der Waals surface area (Å²) in [5.74, 6) is 2.96. The van der Waals surface area contributed by atoms with Crippen molar-refractivity contribution < 1.29 is 9.47 Å². The molecule has 2 aliphatic rings. The second-order valence-corrected chi connectivity index (χ2v) is 15.9. The highest BCUT2D eigenvalue weighted by atomic mass is 16.6. The van der Waals surface area contributed by atoms with Crippen LogP contribution in [0.3, 0.4) is 0 Å². The molecule has 8 aromatic carbocycles. The van der Waals surface area contributed by atoms with Gasteiger partial charge in [-0.1, -0.05) is 178 Å². The lowest BCUT2D eigenvalue weighted by atomic mass is 9.82. The molecule has 3 heteroatoms. The fourth-order valence-corrected chi connectivity index (χ4v) is 8.89. The van der Waals surface area contributed by atoms with Crippen LogP contribution in [0.2, 0.25) is 0 Å². The van der Waals surface area contributed by atoms with Crippen molar-refractivity contribution in [1.82, 2.24) is 4.98 Å². The van der Waals surface area contributed by atoms with E-state index in [-0.39, 0.29) is 5.41 Å². The van der Waals surface area contributed by atoms with Gasteiger partial charge in [-0.05, 0) is 92.0 Å². The zero-order valence-electron chi connectivity index (χ0n) is 32.8. The molecule has 1 aromatic heterocycles. The molecule has 0 atom stereocenters. The van der Waals surface area contributed by atoms with E-state index in [1.807, 2.05) is 12.1 Å². The second kappa shape index (κ2) is 13.9. The van der Waals surface area contributed by atoms with Crippen molar-refractivity contribution in [2.75, 3.05) is 0 Å². The highest BCUT2D eigenvalue weighted by Crippen LogP contribution is 2.59. The van der Waals surface area contributed by atoms with Crippen LogP contribution in [0.4, 0.5) is 0 Å². The standard InChI is InChI=1S/C56H39NO2/c1-56(2)47-24-10-9-22-46(47)53-48(56)30-31-52-55(53)59-54-45(23-13-25-51(54)58-52)39-28-26-38(27-29-39)44-34-49(42-20-11-18-40(32-42)36-14-5-3-6-15-36)57-50(35-44)43-21-12-19-41(33-43)37-16-7-4-8-17-37/h3-35H,1-2H3. The van der Waals surface area contributed by atoms with Crippen LogP contribution < -0.4 is 9.47 Å². The van der Waals surface area contributed by atoms with Gasteiger partial charge in [0, 0.05) is 27.7 Å². The highest BCUT2D eigenvalue weighted by molar-refractivity contribution is 5.89. The van der Waals surface area contributed by atoms with E-state index in [4.69, 9.17) is 14.5 Å². The van der Waals surface area contributed by atoms with Gasteiger partial charge in [-0.15, -0.1) is 0 Å². The monoisotopic (exact) mass is 757 g/mol. The predicted octanol–water partition coefficient (Wildman–Crippen LogP) is 15.3. The largest absolute Gasteiger partial charge is 0.449 e. The van der Waals surface area contributed by atoms with Gasteiger partial charge < -0.3 is 9.47 Å². The van der Waals surface area contributed by atoms with Crippen molar-refractivity contribution in [2.45, 2.75) is 19.3 Å². The predicted molar refractivity (Wildman–Crippen MR) is 241 cm³/mol. The van der Waals surface area contributed by atoms with E-state index in [0.717, 1.165) is 78.7 Å². The maximum atomic E-state index is 6.95. The average molecular weight is 758 g/mol. The van der Waals surface area contributed by atoms with Crippen LogP contribution in [0.25, 0.3) is 78.1 Å². The molecule has 0 saturated carbocycles. The fraction of sp³-hybridized carbons (Fsp3) is 0.0536. The first kappa shape index (κ1) is 34.7. The van der Waals surface area contributed by atoms with Crippen LogP contribution in [0.15, 0.2) is 200 Å². The molecule has 280 valence electrons. The third-order valence-corrected chi connectivity index (χ3v) is 12.0. The Kier molecular flexibility index (Phi) is 8.16. The van der Waals surface area contributed by atoms with E-state index >= 15 is 0 Å². The molecule has 2 heterocycles. The Hall–Kier alpha value is -7.49.